The zero-order valence-corrected chi connectivity index (χ0v) is 21.5. The molecule has 2 aliphatic rings. The number of nitrogens with one attached hydrogen (secondary N) is 2. The van der Waals surface area contributed by atoms with Crippen molar-refractivity contribution in [1.82, 2.24) is 14.7 Å². The number of aliphatic hydroxyl groups is 1. The number of hydrogen-bond acceptors (Lipinski definition) is 9. The van der Waals surface area contributed by atoms with Crippen LogP contribution in [0.3, 0.4) is 0 Å². The summed E-state index contributed by atoms with van der Waals surface area (Å²) in [6, 6.07) is 1.66. The van der Waals surface area contributed by atoms with Crippen LogP contribution in [0.15, 0.2) is 17.2 Å². The molecule has 188 valence electrons. The zero-order chi connectivity index (χ0) is 24.3. The van der Waals surface area contributed by atoms with E-state index < -0.39 is 10.0 Å². The van der Waals surface area contributed by atoms with Crippen molar-refractivity contribution in [2.24, 2.45) is 5.92 Å². The third kappa shape index (κ3) is 5.88. The average Bonchev–Trinajstić information content (AvgIpc) is 3.20. The van der Waals surface area contributed by atoms with Gasteiger partial charge in [-0.2, -0.15) is 0 Å². The van der Waals surface area contributed by atoms with E-state index in [1.54, 1.807) is 12.3 Å². The van der Waals surface area contributed by atoms with E-state index in [0.29, 0.717) is 37.2 Å². The van der Waals surface area contributed by atoms with Gasteiger partial charge in [0.2, 0.25) is 15.9 Å². The second kappa shape index (κ2) is 10.9. The Hall–Kier alpha value is -1.79. The third-order valence-corrected chi connectivity index (χ3v) is 9.36. The van der Waals surface area contributed by atoms with Gasteiger partial charge in [-0.05, 0) is 64.4 Å². The van der Waals surface area contributed by atoms with Gasteiger partial charge in [-0.1, -0.05) is 11.3 Å². The summed E-state index contributed by atoms with van der Waals surface area (Å²) in [7, 11) is -2.44. The van der Waals surface area contributed by atoms with Gasteiger partial charge >= 0.3 is 0 Å². The van der Waals surface area contributed by atoms with Crippen LogP contribution in [0, 0.1) is 12.8 Å². The lowest BCUT2D eigenvalue weighted by Gasteiger charge is -2.28. The second-order valence-electron chi connectivity index (χ2n) is 9.17. The molecule has 3 N–H and O–H groups in total. The van der Waals surface area contributed by atoms with Gasteiger partial charge in [-0.25, -0.2) is 23.1 Å². The summed E-state index contributed by atoms with van der Waals surface area (Å²) in [5, 5.41) is 14.1. The zero-order valence-electron chi connectivity index (χ0n) is 19.9. The number of hydrogen-bond donors (Lipinski definition) is 3. The maximum atomic E-state index is 13.2. The van der Waals surface area contributed by atoms with Crippen molar-refractivity contribution in [3.05, 3.63) is 18.0 Å². The highest BCUT2D eigenvalue weighted by Gasteiger charge is 2.29. The lowest BCUT2D eigenvalue weighted by molar-refractivity contribution is 0.0622. The number of aliphatic hydroxyl groups excluding tert-OH is 1. The number of thiazole rings is 1. The summed E-state index contributed by atoms with van der Waals surface area (Å²) in [5.74, 6) is 0.591. The molecule has 3 heterocycles. The summed E-state index contributed by atoms with van der Waals surface area (Å²) < 4.78 is 40.0. The molecule has 1 aliphatic carbocycles. The Labute approximate surface area is 205 Å². The molecule has 11 heteroatoms. The Balaban J connectivity index is 1.55. The average molecular weight is 511 g/mol. The minimum Gasteiger partial charge on any atom is -0.480 e. The fourth-order valence-corrected chi connectivity index (χ4v) is 7.13. The number of rotatable bonds is 8. The van der Waals surface area contributed by atoms with Crippen LogP contribution >= 0.6 is 11.3 Å². The van der Waals surface area contributed by atoms with Crippen molar-refractivity contribution in [3.8, 4) is 16.3 Å². The number of methoxy groups -OCH3 is 1. The van der Waals surface area contributed by atoms with E-state index in [-0.39, 0.29) is 29.0 Å². The molecule has 0 aromatic carbocycles. The number of pyridine rings is 1. The molecule has 0 amide bonds. The predicted molar refractivity (Wildman–Crippen MR) is 132 cm³/mol. The molecule has 9 nitrogen and oxygen atoms in total. The SMILES string of the molecule is COc1ncc(-c2sc(NC(C)C3CCOCC3)nc2C)cc1S(=O)(=O)N[C@H]1CC[C@H](O)CC1. The standard InChI is InChI=1S/C23H34N4O5S2/c1-14(16-8-10-32-11-9-16)25-23-26-15(2)21(33-23)17-12-20(22(31-3)24-13-17)34(29,30)27-18-4-6-19(28)7-5-18/h12-14,16,18-19,27-28H,4-11H2,1-3H3,(H,25,26)/t14?,18-,19-. The minimum atomic E-state index is -3.85. The molecule has 2 fully saturated rings. The van der Waals surface area contributed by atoms with E-state index >= 15 is 0 Å². The first-order valence-electron chi connectivity index (χ1n) is 11.8. The molecule has 1 unspecified atom stereocenters. The highest BCUT2D eigenvalue weighted by molar-refractivity contribution is 7.89. The van der Waals surface area contributed by atoms with E-state index in [1.807, 2.05) is 6.92 Å². The topological polar surface area (TPSA) is 123 Å². The molecule has 1 saturated carbocycles. The molecular formula is C23H34N4O5S2. The largest absolute Gasteiger partial charge is 0.480 e. The summed E-state index contributed by atoms with van der Waals surface area (Å²) in [6.07, 6.45) is 5.71. The molecular weight excluding hydrogens is 476 g/mol. The van der Waals surface area contributed by atoms with Gasteiger partial charge in [0.1, 0.15) is 4.90 Å². The van der Waals surface area contributed by atoms with Gasteiger partial charge in [0.15, 0.2) is 5.13 Å². The number of ether oxygens (including phenoxy) is 2. The third-order valence-electron chi connectivity index (χ3n) is 6.70. The van der Waals surface area contributed by atoms with Crippen LogP contribution in [0.5, 0.6) is 5.88 Å². The van der Waals surface area contributed by atoms with Crippen LogP contribution in [0.1, 0.15) is 51.1 Å². The van der Waals surface area contributed by atoms with Crippen LogP contribution in [0.2, 0.25) is 0 Å². The molecule has 1 saturated heterocycles. The van der Waals surface area contributed by atoms with Gasteiger partial charge in [-0.15, -0.1) is 0 Å². The van der Waals surface area contributed by atoms with Gasteiger partial charge in [0.05, 0.1) is 23.8 Å². The second-order valence-corrected chi connectivity index (χ2v) is 11.9. The maximum Gasteiger partial charge on any atom is 0.246 e. The van der Waals surface area contributed by atoms with E-state index in [2.05, 4.69) is 26.9 Å². The molecule has 1 aliphatic heterocycles. The van der Waals surface area contributed by atoms with Crippen LogP contribution in [0.4, 0.5) is 5.13 Å². The summed E-state index contributed by atoms with van der Waals surface area (Å²) in [6.45, 7) is 5.67. The molecule has 0 radical (unpaired) electrons. The Bertz CT molecular complexity index is 1080. The smallest absolute Gasteiger partial charge is 0.246 e. The fraction of sp³-hybridized carbons (Fsp3) is 0.652. The van der Waals surface area contributed by atoms with Gasteiger partial charge in [0, 0.05) is 37.1 Å². The van der Waals surface area contributed by atoms with E-state index in [4.69, 9.17) is 9.47 Å². The molecule has 1 atom stereocenters. The summed E-state index contributed by atoms with van der Waals surface area (Å²) in [5.41, 5.74) is 1.50. The van der Waals surface area contributed by atoms with E-state index in [9.17, 15) is 13.5 Å². The monoisotopic (exact) mass is 510 g/mol. The predicted octanol–water partition coefficient (Wildman–Crippen LogP) is 3.33. The van der Waals surface area contributed by atoms with E-state index in [1.165, 1.54) is 18.4 Å². The van der Waals surface area contributed by atoms with Crippen molar-refractivity contribution in [1.29, 1.82) is 0 Å². The Morgan fingerprint density at radius 1 is 1.21 bits per heavy atom. The Morgan fingerprint density at radius 2 is 1.91 bits per heavy atom. The number of sulfonamides is 1. The maximum absolute atomic E-state index is 13.2. The quantitative estimate of drug-likeness (QED) is 0.494. The van der Waals surface area contributed by atoms with Gasteiger partial charge < -0.3 is 19.9 Å². The fourth-order valence-electron chi connectivity index (χ4n) is 4.63. The summed E-state index contributed by atoms with van der Waals surface area (Å²) >= 11 is 1.50. The number of anilines is 1. The molecule has 4 rings (SSSR count). The van der Waals surface area contributed by atoms with Crippen LogP contribution in [-0.4, -0.2) is 62.0 Å². The van der Waals surface area contributed by atoms with Gasteiger partial charge in [0.25, 0.3) is 0 Å². The molecule has 34 heavy (non-hydrogen) atoms. The van der Waals surface area contributed by atoms with Crippen molar-refractivity contribution >= 4 is 26.5 Å². The first-order valence-corrected chi connectivity index (χ1v) is 14.1. The molecule has 0 spiro atoms. The van der Waals surface area contributed by atoms with Crippen molar-refractivity contribution in [2.75, 3.05) is 25.6 Å². The highest BCUT2D eigenvalue weighted by Crippen LogP contribution is 2.36. The van der Waals surface area contributed by atoms with Crippen LogP contribution in [0.25, 0.3) is 10.4 Å². The van der Waals surface area contributed by atoms with Crippen molar-refractivity contribution in [3.63, 3.8) is 0 Å². The van der Waals surface area contributed by atoms with Crippen molar-refractivity contribution in [2.45, 2.75) is 75.5 Å². The number of nitrogens with zero attached hydrogens (tertiary/aromatic N) is 2. The normalized spacial score (nSPS) is 22.9. The lowest BCUT2D eigenvalue weighted by atomic mass is 9.93. The first kappa shape index (κ1) is 25.3. The summed E-state index contributed by atoms with van der Waals surface area (Å²) in [4.78, 5) is 9.86. The van der Waals surface area contributed by atoms with E-state index in [0.717, 1.165) is 41.8 Å². The Kier molecular flexibility index (Phi) is 8.08. The van der Waals surface area contributed by atoms with Crippen LogP contribution in [-0.2, 0) is 14.8 Å². The van der Waals surface area contributed by atoms with Crippen molar-refractivity contribution < 1.29 is 23.0 Å². The molecule has 2 aromatic rings. The number of aromatic nitrogens is 2. The molecule has 0 bridgehead atoms. The molecule has 2 aromatic heterocycles. The minimum absolute atomic E-state index is 0.0107. The highest BCUT2D eigenvalue weighted by atomic mass is 32.2. The lowest BCUT2D eigenvalue weighted by Crippen LogP contribution is -2.38. The van der Waals surface area contributed by atoms with Gasteiger partial charge in [-0.3, -0.25) is 0 Å². The van der Waals surface area contributed by atoms with Crippen LogP contribution < -0.4 is 14.8 Å². The number of aryl methyl sites for hydroxylation is 1. The Morgan fingerprint density at radius 3 is 2.59 bits per heavy atom. The first-order chi connectivity index (χ1) is 16.3.